The molecule has 1 saturated heterocycles. The van der Waals surface area contributed by atoms with Crippen LogP contribution in [-0.2, 0) is 19.0 Å². The molecule has 122 valence electrons. The smallest absolute Gasteiger partial charge is 0.330 e. The van der Waals surface area contributed by atoms with Gasteiger partial charge in [-0.3, -0.25) is 0 Å². The third-order valence-corrected chi connectivity index (χ3v) is 3.33. The molecular formula is C15H26O6. The predicted molar refractivity (Wildman–Crippen MR) is 76.5 cm³/mol. The predicted octanol–water partition coefficient (Wildman–Crippen LogP) is 1.15. The Balaban J connectivity index is 2.27. The van der Waals surface area contributed by atoms with Gasteiger partial charge >= 0.3 is 5.97 Å². The number of esters is 1. The van der Waals surface area contributed by atoms with Gasteiger partial charge in [-0.2, -0.15) is 0 Å². The molecule has 0 amide bonds. The molecule has 1 aliphatic heterocycles. The van der Waals surface area contributed by atoms with Gasteiger partial charge in [0.15, 0.2) is 6.29 Å². The van der Waals surface area contributed by atoms with Crippen LogP contribution in [0.25, 0.3) is 0 Å². The van der Waals surface area contributed by atoms with Crippen LogP contribution < -0.4 is 0 Å². The minimum absolute atomic E-state index is 0.126. The highest BCUT2D eigenvalue weighted by molar-refractivity contribution is 5.81. The van der Waals surface area contributed by atoms with E-state index in [0.29, 0.717) is 19.4 Å². The monoisotopic (exact) mass is 302 g/mol. The maximum atomic E-state index is 11.1. The average molecular weight is 302 g/mol. The molecule has 1 rings (SSSR count). The summed E-state index contributed by atoms with van der Waals surface area (Å²) in [4.78, 5) is 11.1. The number of carbonyl (C=O) groups excluding carboxylic acids is 1. The molecule has 6 nitrogen and oxygen atoms in total. The fourth-order valence-electron chi connectivity index (χ4n) is 2.06. The molecule has 5 atom stereocenters. The molecule has 0 aromatic heterocycles. The molecule has 2 N–H and O–H groups in total. The largest absolute Gasteiger partial charge is 0.463 e. The lowest BCUT2D eigenvalue weighted by molar-refractivity contribution is -0.273. The summed E-state index contributed by atoms with van der Waals surface area (Å²) >= 11 is 0. The first-order valence-corrected chi connectivity index (χ1v) is 7.44. The standard InChI is InChI=1S/C15H26O6/c1-4-19-14(18)8-6-5-7-10(2)20-15-13(17)9-12(16)11(3)21-15/h6,8,10-13,15-17H,4-5,7,9H2,1-3H3/b8-6-/t10-,11+,12-,13-,15-/m1/s1. The van der Waals surface area contributed by atoms with Gasteiger partial charge in [0, 0.05) is 12.5 Å². The quantitative estimate of drug-likeness (QED) is 0.542. The van der Waals surface area contributed by atoms with E-state index in [1.807, 2.05) is 6.92 Å². The lowest BCUT2D eigenvalue weighted by Crippen LogP contribution is -2.48. The van der Waals surface area contributed by atoms with Crippen molar-refractivity contribution in [3.63, 3.8) is 0 Å². The van der Waals surface area contributed by atoms with Gasteiger partial charge < -0.3 is 24.4 Å². The van der Waals surface area contributed by atoms with Crippen molar-refractivity contribution in [2.75, 3.05) is 6.61 Å². The molecule has 1 fully saturated rings. The molecule has 0 unspecified atom stereocenters. The SMILES string of the molecule is CCOC(=O)/C=C\CC[C@@H](C)O[C@@H]1O[C@@H](C)[C@H](O)C[C@H]1O. The normalized spacial score (nSPS) is 31.3. The Hall–Kier alpha value is -0.950. The zero-order valence-electron chi connectivity index (χ0n) is 12.9. The molecule has 0 aliphatic carbocycles. The second-order valence-corrected chi connectivity index (χ2v) is 5.26. The molecule has 6 heteroatoms. The fourth-order valence-corrected chi connectivity index (χ4v) is 2.06. The Kier molecular flexibility index (Phi) is 7.88. The molecule has 1 aliphatic rings. The van der Waals surface area contributed by atoms with Crippen LogP contribution in [0.15, 0.2) is 12.2 Å². The van der Waals surface area contributed by atoms with Crippen molar-refractivity contribution in [1.29, 1.82) is 0 Å². The van der Waals surface area contributed by atoms with Crippen LogP contribution in [-0.4, -0.2) is 53.5 Å². The van der Waals surface area contributed by atoms with Crippen molar-refractivity contribution in [2.24, 2.45) is 0 Å². The third-order valence-electron chi connectivity index (χ3n) is 3.33. The van der Waals surface area contributed by atoms with E-state index in [-0.39, 0.29) is 24.6 Å². The Morgan fingerprint density at radius 3 is 2.81 bits per heavy atom. The summed E-state index contributed by atoms with van der Waals surface area (Å²) in [6.45, 7) is 5.75. The number of hydrogen-bond donors (Lipinski definition) is 2. The van der Waals surface area contributed by atoms with Crippen LogP contribution in [0.3, 0.4) is 0 Å². The van der Waals surface area contributed by atoms with E-state index in [4.69, 9.17) is 14.2 Å². The zero-order valence-corrected chi connectivity index (χ0v) is 12.9. The first kappa shape index (κ1) is 18.1. The summed E-state index contributed by atoms with van der Waals surface area (Å²) < 4.78 is 15.9. The molecular weight excluding hydrogens is 276 g/mol. The summed E-state index contributed by atoms with van der Waals surface area (Å²) in [6, 6.07) is 0. The van der Waals surface area contributed by atoms with Crippen LogP contribution in [0.1, 0.15) is 40.0 Å². The Bertz CT molecular complexity index is 343. The first-order chi connectivity index (χ1) is 9.93. The van der Waals surface area contributed by atoms with Crippen LogP contribution in [0.4, 0.5) is 0 Å². The van der Waals surface area contributed by atoms with Crippen LogP contribution in [0, 0.1) is 0 Å². The Morgan fingerprint density at radius 2 is 2.14 bits per heavy atom. The van der Waals surface area contributed by atoms with E-state index in [0.717, 1.165) is 0 Å². The Morgan fingerprint density at radius 1 is 1.43 bits per heavy atom. The van der Waals surface area contributed by atoms with Crippen molar-refractivity contribution in [3.8, 4) is 0 Å². The number of carbonyl (C=O) groups is 1. The molecule has 0 saturated carbocycles. The van der Waals surface area contributed by atoms with E-state index >= 15 is 0 Å². The number of hydrogen-bond acceptors (Lipinski definition) is 6. The molecule has 21 heavy (non-hydrogen) atoms. The van der Waals surface area contributed by atoms with Gasteiger partial charge in [0.2, 0.25) is 0 Å². The number of aliphatic hydroxyl groups excluding tert-OH is 2. The highest BCUT2D eigenvalue weighted by Crippen LogP contribution is 2.22. The highest BCUT2D eigenvalue weighted by atomic mass is 16.7. The summed E-state index contributed by atoms with van der Waals surface area (Å²) in [5, 5.41) is 19.4. The van der Waals surface area contributed by atoms with Gasteiger partial charge in [-0.25, -0.2) is 4.79 Å². The zero-order chi connectivity index (χ0) is 15.8. The summed E-state index contributed by atoms with van der Waals surface area (Å²) in [5.74, 6) is -0.347. The number of rotatable bonds is 7. The van der Waals surface area contributed by atoms with Crippen molar-refractivity contribution in [3.05, 3.63) is 12.2 Å². The topological polar surface area (TPSA) is 85.2 Å². The van der Waals surface area contributed by atoms with Gasteiger partial charge in [-0.1, -0.05) is 6.08 Å². The van der Waals surface area contributed by atoms with Crippen molar-refractivity contribution < 1.29 is 29.2 Å². The summed E-state index contributed by atoms with van der Waals surface area (Å²) in [6.07, 6.45) is 2.07. The van der Waals surface area contributed by atoms with Crippen LogP contribution >= 0.6 is 0 Å². The van der Waals surface area contributed by atoms with Gasteiger partial charge in [0.05, 0.1) is 24.9 Å². The van der Waals surface area contributed by atoms with Gasteiger partial charge in [0.1, 0.15) is 6.10 Å². The molecule has 0 spiro atoms. The molecule has 0 aromatic rings. The average Bonchev–Trinajstić information content (AvgIpc) is 2.41. The minimum atomic E-state index is -0.825. The van der Waals surface area contributed by atoms with E-state index in [1.165, 1.54) is 6.08 Å². The van der Waals surface area contributed by atoms with Gasteiger partial charge in [-0.15, -0.1) is 0 Å². The molecule has 1 heterocycles. The van der Waals surface area contributed by atoms with Crippen LogP contribution in [0.2, 0.25) is 0 Å². The molecule has 0 radical (unpaired) electrons. The molecule has 0 bridgehead atoms. The van der Waals surface area contributed by atoms with Gasteiger partial charge in [-0.05, 0) is 33.6 Å². The van der Waals surface area contributed by atoms with Crippen molar-refractivity contribution >= 4 is 5.97 Å². The fraction of sp³-hybridized carbons (Fsp3) is 0.800. The highest BCUT2D eigenvalue weighted by Gasteiger charge is 2.35. The summed E-state index contributed by atoms with van der Waals surface area (Å²) in [7, 11) is 0. The Labute approximate surface area is 125 Å². The maximum Gasteiger partial charge on any atom is 0.330 e. The third kappa shape index (κ3) is 6.56. The maximum absolute atomic E-state index is 11.1. The lowest BCUT2D eigenvalue weighted by atomic mass is 10.0. The van der Waals surface area contributed by atoms with Crippen molar-refractivity contribution in [2.45, 2.75) is 70.7 Å². The van der Waals surface area contributed by atoms with E-state index in [1.54, 1.807) is 19.9 Å². The van der Waals surface area contributed by atoms with E-state index in [9.17, 15) is 15.0 Å². The van der Waals surface area contributed by atoms with Gasteiger partial charge in [0.25, 0.3) is 0 Å². The molecule has 0 aromatic carbocycles. The lowest BCUT2D eigenvalue weighted by Gasteiger charge is -2.36. The number of aliphatic hydroxyl groups is 2. The van der Waals surface area contributed by atoms with E-state index in [2.05, 4.69) is 0 Å². The first-order valence-electron chi connectivity index (χ1n) is 7.44. The van der Waals surface area contributed by atoms with E-state index < -0.39 is 18.5 Å². The second-order valence-electron chi connectivity index (χ2n) is 5.26. The minimum Gasteiger partial charge on any atom is -0.463 e. The number of ether oxygens (including phenoxy) is 3. The van der Waals surface area contributed by atoms with Crippen LogP contribution in [0.5, 0.6) is 0 Å². The second kappa shape index (κ2) is 9.15. The number of allylic oxidation sites excluding steroid dienone is 1. The van der Waals surface area contributed by atoms with Crippen molar-refractivity contribution in [1.82, 2.24) is 0 Å². The summed E-state index contributed by atoms with van der Waals surface area (Å²) in [5.41, 5.74) is 0.